The van der Waals surface area contributed by atoms with Crippen molar-refractivity contribution in [2.45, 2.75) is 76.6 Å². The van der Waals surface area contributed by atoms with Gasteiger partial charge < -0.3 is 15.8 Å². The molecule has 19 heteroatoms. The highest BCUT2D eigenvalue weighted by Crippen LogP contribution is 2.46. The molecule has 0 radical (unpaired) electrons. The van der Waals surface area contributed by atoms with Gasteiger partial charge in [-0.15, -0.1) is 0 Å². The topological polar surface area (TPSA) is 146 Å². The molecule has 0 bridgehead atoms. The molecule has 6 rings (SSSR count). The summed E-state index contributed by atoms with van der Waals surface area (Å²) in [5.74, 6) is -1.65. The minimum atomic E-state index is -3.03. The molecule has 4 aromatic rings. The van der Waals surface area contributed by atoms with Gasteiger partial charge in [0.1, 0.15) is 18.5 Å². The molecule has 2 aliphatic rings. The lowest BCUT2D eigenvalue weighted by Gasteiger charge is -2.35. The minimum Gasteiger partial charge on any atom is -0.447 e. The van der Waals surface area contributed by atoms with Gasteiger partial charge in [0.15, 0.2) is 17.3 Å². The van der Waals surface area contributed by atoms with Gasteiger partial charge in [0.25, 0.3) is 18.8 Å². The predicted molar refractivity (Wildman–Crippen MR) is 180 cm³/mol. The fourth-order valence-electron chi connectivity index (χ4n) is 6.34. The highest BCUT2D eigenvalue weighted by Gasteiger charge is 2.54. The molecule has 2 aromatic carbocycles. The maximum atomic E-state index is 14.9. The first-order valence-electron chi connectivity index (χ1n) is 16.3. The second-order valence-corrected chi connectivity index (χ2v) is 14.5. The number of halogens is 7. The lowest BCUT2D eigenvalue weighted by atomic mass is 9.75. The first kappa shape index (κ1) is 37.6. The number of hydrogen-bond donors (Lipinski definition) is 2. The van der Waals surface area contributed by atoms with E-state index in [1.165, 1.54) is 30.6 Å². The number of nitrogens with two attached hydrogens (primary N) is 1. The molecule has 2 atom stereocenters. The summed E-state index contributed by atoms with van der Waals surface area (Å²) >= 11 is 6.42. The summed E-state index contributed by atoms with van der Waals surface area (Å²) in [7, 11) is 0. The maximum absolute atomic E-state index is 14.9. The smallest absolute Gasteiger partial charge is 0.407 e. The van der Waals surface area contributed by atoms with Crippen LogP contribution >= 0.6 is 11.6 Å². The van der Waals surface area contributed by atoms with Crippen LogP contribution in [-0.2, 0) is 15.1 Å². The molecular formula is C34H34ClF6N9O3. The van der Waals surface area contributed by atoms with Crippen LogP contribution in [0.1, 0.15) is 76.0 Å². The fourth-order valence-corrected chi connectivity index (χ4v) is 6.53. The van der Waals surface area contributed by atoms with Crippen molar-refractivity contribution in [3.05, 3.63) is 83.2 Å². The van der Waals surface area contributed by atoms with Crippen LogP contribution in [0.5, 0.6) is 0 Å². The monoisotopic (exact) mass is 765 g/mol. The maximum Gasteiger partial charge on any atom is 0.407 e. The molecule has 0 spiro atoms. The number of rotatable bonds is 12. The summed E-state index contributed by atoms with van der Waals surface area (Å²) in [5, 5.41) is 9.74. The number of benzene rings is 2. The van der Waals surface area contributed by atoms with E-state index in [4.69, 9.17) is 27.1 Å². The number of alkyl halides is 6. The Morgan fingerprint density at radius 1 is 1.04 bits per heavy atom. The lowest BCUT2D eigenvalue weighted by molar-refractivity contribution is -0.135. The number of alkyl carbamates (subject to hydrolysis) is 1. The molecule has 1 fully saturated rings. The molecule has 12 nitrogen and oxygen atoms in total. The zero-order valence-electron chi connectivity index (χ0n) is 28.5. The first-order chi connectivity index (χ1) is 24.9. The number of ether oxygens (including phenoxy) is 1. The number of guanidine groups is 1. The van der Waals surface area contributed by atoms with E-state index in [-0.39, 0.29) is 41.5 Å². The zero-order valence-corrected chi connectivity index (χ0v) is 29.2. The molecule has 0 unspecified atom stereocenters. The number of nitrogens with zero attached hydrogens (tertiary/aromatic N) is 7. The van der Waals surface area contributed by atoms with Crippen LogP contribution in [0.3, 0.4) is 0 Å². The summed E-state index contributed by atoms with van der Waals surface area (Å²) in [6.45, 7) is 2.19. The third-order valence-electron chi connectivity index (χ3n) is 9.00. The van der Waals surface area contributed by atoms with Gasteiger partial charge in [-0.25, -0.2) is 41.7 Å². The largest absolute Gasteiger partial charge is 0.447 e. The van der Waals surface area contributed by atoms with Crippen molar-refractivity contribution in [2.24, 2.45) is 16.1 Å². The molecule has 1 saturated carbocycles. The molecule has 2 aromatic heterocycles. The van der Waals surface area contributed by atoms with E-state index in [0.29, 0.717) is 21.4 Å². The van der Waals surface area contributed by atoms with Crippen molar-refractivity contribution in [1.29, 1.82) is 0 Å². The van der Waals surface area contributed by atoms with Crippen LogP contribution in [0.4, 0.5) is 31.1 Å². The van der Waals surface area contributed by atoms with E-state index in [1.807, 2.05) is 20.8 Å². The summed E-state index contributed by atoms with van der Waals surface area (Å²) in [6, 6.07) is 9.36. The molecular weight excluding hydrogens is 732 g/mol. The van der Waals surface area contributed by atoms with Gasteiger partial charge in [-0.2, -0.15) is 19.0 Å². The van der Waals surface area contributed by atoms with Crippen LogP contribution in [0.25, 0.3) is 16.8 Å². The van der Waals surface area contributed by atoms with Gasteiger partial charge in [-0.3, -0.25) is 9.69 Å². The van der Waals surface area contributed by atoms with Crippen molar-refractivity contribution < 1.29 is 40.7 Å². The van der Waals surface area contributed by atoms with E-state index in [0.717, 1.165) is 15.9 Å². The van der Waals surface area contributed by atoms with E-state index < -0.39 is 66.4 Å². The van der Waals surface area contributed by atoms with Crippen LogP contribution in [0.15, 0.2) is 66.2 Å². The van der Waals surface area contributed by atoms with Crippen molar-refractivity contribution in [3.63, 3.8) is 0 Å². The van der Waals surface area contributed by atoms with Crippen LogP contribution < -0.4 is 11.1 Å². The summed E-state index contributed by atoms with van der Waals surface area (Å²) in [4.78, 5) is 37.2. The average Bonchev–Trinajstić information content (AvgIpc) is 3.40. The molecule has 3 N–H and O–H groups in total. The molecule has 1 aliphatic carbocycles. The van der Waals surface area contributed by atoms with Gasteiger partial charge in [0.2, 0.25) is 0 Å². The molecule has 282 valence electrons. The Morgan fingerprint density at radius 3 is 2.32 bits per heavy atom. The number of hydrogen-bond acceptors (Lipinski definition) is 8. The third kappa shape index (κ3) is 7.41. The Labute approximate surface area is 304 Å². The molecule has 53 heavy (non-hydrogen) atoms. The second kappa shape index (κ2) is 14.0. The molecule has 3 heterocycles. The third-order valence-corrected chi connectivity index (χ3v) is 9.32. The Hall–Kier alpha value is -5.13. The van der Waals surface area contributed by atoms with E-state index in [1.54, 1.807) is 24.3 Å². The first-order valence-corrected chi connectivity index (χ1v) is 16.7. The van der Waals surface area contributed by atoms with Crippen molar-refractivity contribution in [1.82, 2.24) is 34.8 Å². The van der Waals surface area contributed by atoms with E-state index in [9.17, 15) is 35.9 Å². The van der Waals surface area contributed by atoms with Gasteiger partial charge in [-0.05, 0) is 53.5 Å². The summed E-state index contributed by atoms with van der Waals surface area (Å²) in [6.07, 6.45) is -3.47. The van der Waals surface area contributed by atoms with Gasteiger partial charge in [0.05, 0.1) is 22.9 Å². The summed E-state index contributed by atoms with van der Waals surface area (Å²) < 4.78 is 88.0. The van der Waals surface area contributed by atoms with Gasteiger partial charge in [-0.1, -0.05) is 62.7 Å². The number of aliphatic imine (C=N–C) groups is 1. The SMILES string of the molecule is CC(C)(C)C[C@]1(c2ccc(-c3cnn(C(F)F)c3)cc2)N=C(N)N([C@H](COC(=O)NC2(C(F)F)CC2)c2ccc(Cl)c(-n3ncnc3C(F)F)c2)C1=O. The van der Waals surface area contributed by atoms with Gasteiger partial charge in [0, 0.05) is 11.8 Å². The minimum absolute atomic E-state index is 0.0122. The Morgan fingerprint density at radius 2 is 1.74 bits per heavy atom. The Balaban J connectivity index is 1.40. The zero-order chi connectivity index (χ0) is 38.5. The van der Waals surface area contributed by atoms with Crippen molar-refractivity contribution >= 4 is 29.6 Å². The number of amides is 2. The lowest BCUT2D eigenvalue weighted by Crippen LogP contribution is -2.48. The standard InChI is InChI=1S/C34H34ClF6N9O3/c1-32(2,3)16-34(21-7-4-18(5-8-21)20-13-44-48(14-20)29(40)41)28(51)49(30(42)46-34)24(15-53-31(52)47-33(10-11-33)27(38)39)19-6-9-22(35)23(12-19)50-26(25(36)37)43-17-45-50/h4-9,12-14,17,24-25,27,29H,10-11,15-16H2,1-3H3,(H2,42,46)(H,47,52)/t24-,34-/m1/s1. The number of nitrogens with one attached hydrogen (secondary N) is 1. The summed E-state index contributed by atoms with van der Waals surface area (Å²) in [5.41, 5.74) is 4.10. The number of aromatic nitrogens is 5. The highest BCUT2D eigenvalue weighted by molar-refractivity contribution is 6.32. The molecule has 2 amide bonds. The van der Waals surface area contributed by atoms with Crippen LogP contribution in [0.2, 0.25) is 5.02 Å². The van der Waals surface area contributed by atoms with E-state index in [2.05, 4.69) is 20.5 Å². The molecule has 0 saturated heterocycles. The average molecular weight is 766 g/mol. The fraction of sp³-hybridized carbons (Fsp3) is 0.412. The Bertz CT molecular complexity index is 2030. The number of carbonyl (C=O) groups excluding carboxylic acids is 2. The Kier molecular flexibility index (Phi) is 9.95. The predicted octanol–water partition coefficient (Wildman–Crippen LogP) is 7.17. The second-order valence-electron chi connectivity index (χ2n) is 14.0. The quantitative estimate of drug-likeness (QED) is 0.146. The number of carbonyl (C=O) groups is 2. The van der Waals surface area contributed by atoms with Crippen LogP contribution in [-0.4, -0.2) is 66.0 Å². The van der Waals surface area contributed by atoms with Gasteiger partial charge >= 0.3 is 12.6 Å². The van der Waals surface area contributed by atoms with Crippen molar-refractivity contribution in [3.8, 4) is 16.8 Å². The normalized spacial score (nSPS) is 18.9. The molecule has 1 aliphatic heterocycles. The highest BCUT2D eigenvalue weighted by atomic mass is 35.5. The van der Waals surface area contributed by atoms with E-state index >= 15 is 0 Å². The van der Waals surface area contributed by atoms with Crippen molar-refractivity contribution in [2.75, 3.05) is 6.61 Å². The van der Waals surface area contributed by atoms with Crippen LogP contribution in [0, 0.1) is 5.41 Å².